The van der Waals surface area contributed by atoms with E-state index >= 15 is 0 Å². The Morgan fingerprint density at radius 2 is 2.08 bits per heavy atom. The van der Waals surface area contributed by atoms with Gasteiger partial charge in [-0.3, -0.25) is 4.90 Å². The number of hydrazone groups is 1. The van der Waals surface area contributed by atoms with Gasteiger partial charge in [0.15, 0.2) is 0 Å². The maximum Gasteiger partial charge on any atom is 0.573 e. The molecule has 2 aromatic rings. The summed E-state index contributed by atoms with van der Waals surface area (Å²) < 4.78 is 52.9. The molecule has 2 aromatic carbocycles. The second kappa shape index (κ2) is 13.3. The number of nitrogens with zero attached hydrogens (tertiary/aromatic N) is 5. The lowest BCUT2D eigenvalue weighted by molar-refractivity contribution is -0.274. The average Bonchev–Trinajstić information content (AvgIpc) is 3.33. The molecule has 0 aromatic heterocycles. The van der Waals surface area contributed by atoms with E-state index in [4.69, 9.17) is 32.7 Å². The monoisotopic (exact) mass is 598 g/mol. The molecule has 1 aliphatic heterocycles. The molecule has 1 aliphatic rings. The van der Waals surface area contributed by atoms with Crippen molar-refractivity contribution in [3.63, 3.8) is 0 Å². The number of ether oxygens (including phenoxy) is 3. The van der Waals surface area contributed by atoms with Crippen LogP contribution in [0.2, 0.25) is 10.0 Å². The van der Waals surface area contributed by atoms with Gasteiger partial charge >= 0.3 is 12.5 Å². The minimum Gasteiger partial charge on any atom is -0.495 e. The minimum absolute atomic E-state index is 0.00530. The van der Waals surface area contributed by atoms with Gasteiger partial charge in [0.25, 0.3) is 0 Å². The van der Waals surface area contributed by atoms with Crippen molar-refractivity contribution in [1.82, 2.24) is 9.91 Å². The molecule has 1 unspecified atom stereocenters. The molecule has 0 bridgehead atoms. The Hall–Kier alpha value is -4.15. The normalized spacial score (nSPS) is 15.2. The molecule has 1 amide bonds. The van der Waals surface area contributed by atoms with Crippen LogP contribution >= 0.6 is 23.2 Å². The third-order valence-electron chi connectivity index (χ3n) is 5.43. The third kappa shape index (κ3) is 7.49. The molecule has 0 fully saturated rings. The van der Waals surface area contributed by atoms with Gasteiger partial charge in [-0.05, 0) is 31.2 Å². The van der Waals surface area contributed by atoms with E-state index < -0.39 is 24.2 Å². The number of halogens is 5. The van der Waals surface area contributed by atoms with Gasteiger partial charge in [0.2, 0.25) is 12.2 Å². The lowest BCUT2D eigenvalue weighted by Gasteiger charge is -2.28. The van der Waals surface area contributed by atoms with E-state index in [1.54, 1.807) is 31.3 Å². The van der Waals surface area contributed by atoms with E-state index in [1.807, 2.05) is 0 Å². The summed E-state index contributed by atoms with van der Waals surface area (Å²) in [5, 5.41) is 18.6. The summed E-state index contributed by atoms with van der Waals surface area (Å²) in [4.78, 5) is 18.0. The molecule has 0 spiro atoms. The number of hydrogen-bond acceptors (Lipinski definition) is 7. The highest BCUT2D eigenvalue weighted by Gasteiger charge is 2.38. The number of rotatable bonds is 8. The minimum atomic E-state index is -4.93. The summed E-state index contributed by atoms with van der Waals surface area (Å²) >= 11 is 12.3. The highest BCUT2D eigenvalue weighted by atomic mass is 35.5. The van der Waals surface area contributed by atoms with Crippen LogP contribution in [0, 0.1) is 11.5 Å². The van der Waals surface area contributed by atoms with Crippen LogP contribution in [0.25, 0.3) is 0 Å². The van der Waals surface area contributed by atoms with Gasteiger partial charge in [-0.15, -0.1) is 18.2 Å². The molecule has 15 heteroatoms. The summed E-state index contributed by atoms with van der Waals surface area (Å²) in [6.07, 6.45) is -2.51. The molecule has 1 atom stereocenters. The number of amides is 1. The fraction of sp³-hybridized carbons (Fsp3) is 0.280. The largest absolute Gasteiger partial charge is 0.573 e. The average molecular weight is 599 g/mol. The zero-order chi connectivity index (χ0) is 29.4. The molecule has 0 aliphatic carbocycles. The SMILES string of the molecule is C=CCOC(=O)N(CC)C1CN(/C(=N\C#N)Nc2cc(OC(F)(F)F)ccc2OC)N=C1c1ccc(Cl)c(Cl)c1. The molecular weight excluding hydrogens is 576 g/mol. The van der Waals surface area contributed by atoms with Crippen LogP contribution in [-0.4, -0.2) is 66.9 Å². The molecule has 0 saturated heterocycles. The number of anilines is 1. The Kier molecular flexibility index (Phi) is 10.1. The number of hydrogen-bond donors (Lipinski definition) is 1. The van der Waals surface area contributed by atoms with Crippen LogP contribution < -0.4 is 14.8 Å². The summed E-state index contributed by atoms with van der Waals surface area (Å²) in [6, 6.07) is 7.42. The van der Waals surface area contributed by atoms with Gasteiger partial charge in [0.05, 0.1) is 41.1 Å². The fourth-order valence-electron chi connectivity index (χ4n) is 3.76. The molecule has 3 rings (SSSR count). The summed E-state index contributed by atoms with van der Waals surface area (Å²) in [5.41, 5.74) is 0.890. The maximum absolute atomic E-state index is 12.9. The van der Waals surface area contributed by atoms with E-state index in [0.29, 0.717) is 16.3 Å². The number of methoxy groups -OCH3 is 1. The second-order valence-electron chi connectivity index (χ2n) is 7.93. The van der Waals surface area contributed by atoms with Gasteiger partial charge in [-0.1, -0.05) is 41.9 Å². The zero-order valence-electron chi connectivity index (χ0n) is 21.2. The summed E-state index contributed by atoms with van der Waals surface area (Å²) in [5.74, 6) is -0.568. The zero-order valence-corrected chi connectivity index (χ0v) is 22.7. The number of carbonyl (C=O) groups excluding carboxylic acids is 1. The second-order valence-corrected chi connectivity index (χ2v) is 8.75. The Balaban J connectivity index is 2.04. The number of aliphatic imine (C=N–C) groups is 1. The summed E-state index contributed by atoms with van der Waals surface area (Å²) in [7, 11) is 1.31. The molecule has 1 heterocycles. The van der Waals surface area contributed by atoms with Crippen LogP contribution in [0.5, 0.6) is 11.5 Å². The standard InChI is InChI=1S/C25H23Cl2F3N6O4/c1-4-10-39-24(37)35(5-2)20-13-36(34-22(20)15-6-8-17(26)18(27)11-15)23(32-14-31)33-19-12-16(40-25(28,29)30)7-9-21(19)38-3/h4,6-9,11-12,20H,1,5,10,13H2,2-3H3,(H,32,33). The van der Waals surface area contributed by atoms with Crippen molar-refractivity contribution in [2.45, 2.75) is 19.3 Å². The lowest BCUT2D eigenvalue weighted by Crippen LogP contribution is -2.48. The van der Waals surface area contributed by atoms with Crippen molar-refractivity contribution < 1.29 is 32.2 Å². The van der Waals surface area contributed by atoms with Gasteiger partial charge in [-0.2, -0.15) is 10.4 Å². The highest BCUT2D eigenvalue weighted by molar-refractivity contribution is 6.42. The van der Waals surface area contributed by atoms with E-state index in [2.05, 4.69) is 26.7 Å². The first-order valence-corrected chi connectivity index (χ1v) is 12.3. The first kappa shape index (κ1) is 30.4. The van der Waals surface area contributed by atoms with Crippen LogP contribution in [0.15, 0.2) is 59.1 Å². The van der Waals surface area contributed by atoms with Crippen LogP contribution in [0.1, 0.15) is 12.5 Å². The maximum atomic E-state index is 12.9. The topological polar surface area (TPSA) is 112 Å². The van der Waals surface area contributed by atoms with E-state index in [1.165, 1.54) is 29.2 Å². The van der Waals surface area contributed by atoms with Crippen molar-refractivity contribution in [3.8, 4) is 17.7 Å². The Morgan fingerprint density at radius 3 is 2.67 bits per heavy atom. The molecule has 10 nitrogen and oxygen atoms in total. The fourth-order valence-corrected chi connectivity index (χ4v) is 4.06. The van der Waals surface area contributed by atoms with Crippen molar-refractivity contribution in [2.24, 2.45) is 10.1 Å². The quantitative estimate of drug-likeness (QED) is 0.175. The van der Waals surface area contributed by atoms with E-state index in [-0.39, 0.29) is 42.1 Å². The first-order valence-electron chi connectivity index (χ1n) is 11.5. The molecule has 0 radical (unpaired) electrons. The molecular formula is C25H23Cl2F3N6O4. The number of nitrogens with one attached hydrogen (secondary N) is 1. The Bertz CT molecular complexity index is 1360. The number of guanidine groups is 1. The van der Waals surface area contributed by atoms with Crippen LogP contribution in [0.3, 0.4) is 0 Å². The van der Waals surface area contributed by atoms with Crippen molar-refractivity contribution >= 4 is 46.7 Å². The van der Waals surface area contributed by atoms with Crippen molar-refractivity contribution in [1.29, 1.82) is 5.26 Å². The van der Waals surface area contributed by atoms with Gasteiger partial charge in [0.1, 0.15) is 18.1 Å². The molecule has 0 saturated carbocycles. The highest BCUT2D eigenvalue weighted by Crippen LogP contribution is 2.33. The molecule has 212 valence electrons. The number of benzene rings is 2. The van der Waals surface area contributed by atoms with Gasteiger partial charge in [0, 0.05) is 18.2 Å². The smallest absolute Gasteiger partial charge is 0.495 e. The first-order chi connectivity index (χ1) is 19.0. The molecule has 1 N–H and O–H groups in total. The van der Waals surface area contributed by atoms with Gasteiger partial charge < -0.3 is 19.5 Å². The number of nitriles is 1. The van der Waals surface area contributed by atoms with Crippen LogP contribution in [0.4, 0.5) is 23.7 Å². The number of alkyl halides is 3. The Labute approximate surface area is 237 Å². The third-order valence-corrected chi connectivity index (χ3v) is 6.17. The molecule has 40 heavy (non-hydrogen) atoms. The predicted octanol–water partition coefficient (Wildman–Crippen LogP) is 5.88. The van der Waals surface area contributed by atoms with Crippen molar-refractivity contribution in [3.05, 3.63) is 64.7 Å². The number of carbonyl (C=O) groups is 1. The lowest BCUT2D eigenvalue weighted by atomic mass is 10.0. The van der Waals surface area contributed by atoms with Gasteiger partial charge in [-0.25, -0.2) is 9.80 Å². The predicted molar refractivity (Wildman–Crippen MR) is 144 cm³/mol. The van der Waals surface area contributed by atoms with Crippen molar-refractivity contribution in [2.75, 3.05) is 32.1 Å². The number of likely N-dealkylation sites (N-methyl/N-ethyl adjacent to an activating group) is 1. The van der Waals surface area contributed by atoms with E-state index in [9.17, 15) is 23.2 Å². The van der Waals surface area contributed by atoms with E-state index in [0.717, 1.165) is 12.1 Å². The van der Waals surface area contributed by atoms with Crippen LogP contribution in [-0.2, 0) is 4.74 Å². The summed E-state index contributed by atoms with van der Waals surface area (Å²) in [6.45, 7) is 5.46. The Morgan fingerprint density at radius 1 is 1.32 bits per heavy atom.